The summed E-state index contributed by atoms with van der Waals surface area (Å²) in [6.45, 7) is 0.465. The van der Waals surface area contributed by atoms with E-state index in [1.54, 1.807) is 0 Å². The van der Waals surface area contributed by atoms with E-state index >= 15 is 0 Å². The fraction of sp³-hybridized carbons (Fsp3) is 0.533. The predicted molar refractivity (Wildman–Crippen MR) is 81.4 cm³/mol. The van der Waals surface area contributed by atoms with Crippen LogP contribution in [0.5, 0.6) is 0 Å². The van der Waals surface area contributed by atoms with Crippen LogP contribution >= 0.6 is 12.4 Å². The number of carbonyl (C=O) groups excluding carboxylic acids is 1. The molecule has 1 aromatic carbocycles. The Hall–Kier alpha value is -1.20. The highest BCUT2D eigenvalue weighted by Gasteiger charge is 2.33. The molecule has 0 heterocycles. The van der Waals surface area contributed by atoms with E-state index in [0.29, 0.717) is 13.0 Å². The van der Waals surface area contributed by atoms with Gasteiger partial charge in [-0.1, -0.05) is 19.3 Å². The summed E-state index contributed by atoms with van der Waals surface area (Å²) in [6.07, 6.45) is 5.49. The molecule has 1 fully saturated rings. The van der Waals surface area contributed by atoms with Crippen molar-refractivity contribution in [1.82, 2.24) is 0 Å². The van der Waals surface area contributed by atoms with Crippen LogP contribution in [0.3, 0.4) is 0 Å². The van der Waals surface area contributed by atoms with Gasteiger partial charge in [0.25, 0.3) is 0 Å². The Labute approximate surface area is 129 Å². The van der Waals surface area contributed by atoms with Gasteiger partial charge in [-0.15, -0.1) is 12.4 Å². The van der Waals surface area contributed by atoms with Gasteiger partial charge in [0, 0.05) is 12.5 Å². The molecule has 0 saturated heterocycles. The first-order valence-corrected chi connectivity index (χ1v) is 7.00. The minimum absolute atomic E-state index is 0. The highest BCUT2D eigenvalue weighted by atomic mass is 35.5. The van der Waals surface area contributed by atoms with Crippen LogP contribution in [0.2, 0.25) is 0 Å². The lowest BCUT2D eigenvalue weighted by atomic mass is 9.71. The first-order valence-electron chi connectivity index (χ1n) is 7.00. The lowest BCUT2D eigenvalue weighted by Crippen LogP contribution is -2.36. The quantitative estimate of drug-likeness (QED) is 0.890. The maximum atomic E-state index is 13.5. The van der Waals surface area contributed by atoms with Crippen LogP contribution < -0.4 is 11.1 Å². The first-order chi connectivity index (χ1) is 9.54. The number of rotatable bonds is 4. The Kier molecular flexibility index (Phi) is 6.55. The van der Waals surface area contributed by atoms with Gasteiger partial charge in [-0.2, -0.15) is 0 Å². The van der Waals surface area contributed by atoms with Crippen LogP contribution in [0.25, 0.3) is 0 Å². The van der Waals surface area contributed by atoms with Gasteiger partial charge in [0.2, 0.25) is 5.91 Å². The van der Waals surface area contributed by atoms with E-state index in [-0.39, 0.29) is 29.4 Å². The predicted octanol–water partition coefficient (Wildman–Crippen LogP) is 3.62. The molecule has 1 aliphatic carbocycles. The number of nitrogens with two attached hydrogens (primary N) is 1. The molecule has 1 saturated carbocycles. The number of carbonyl (C=O) groups is 1. The van der Waals surface area contributed by atoms with E-state index in [1.807, 2.05) is 0 Å². The molecule has 0 unspecified atom stereocenters. The van der Waals surface area contributed by atoms with Gasteiger partial charge < -0.3 is 11.1 Å². The third-order valence-corrected chi connectivity index (χ3v) is 4.09. The van der Waals surface area contributed by atoms with Crippen LogP contribution in [-0.2, 0) is 4.79 Å². The fourth-order valence-electron chi connectivity index (χ4n) is 2.88. The SMILES string of the molecule is Cl.NCC1(CC(=O)Nc2ccc(F)cc2F)CCCCC1. The summed E-state index contributed by atoms with van der Waals surface area (Å²) >= 11 is 0. The Morgan fingerprint density at radius 3 is 2.48 bits per heavy atom. The summed E-state index contributed by atoms with van der Waals surface area (Å²) < 4.78 is 26.3. The van der Waals surface area contributed by atoms with Gasteiger partial charge in [0.15, 0.2) is 0 Å². The molecule has 21 heavy (non-hydrogen) atoms. The van der Waals surface area contributed by atoms with Crippen molar-refractivity contribution in [1.29, 1.82) is 0 Å². The van der Waals surface area contributed by atoms with E-state index in [4.69, 9.17) is 5.73 Å². The lowest BCUT2D eigenvalue weighted by molar-refractivity contribution is -0.118. The summed E-state index contributed by atoms with van der Waals surface area (Å²) in [7, 11) is 0. The smallest absolute Gasteiger partial charge is 0.225 e. The number of hydrogen-bond acceptors (Lipinski definition) is 2. The number of nitrogens with one attached hydrogen (secondary N) is 1. The average Bonchev–Trinajstić information content (AvgIpc) is 2.43. The molecule has 0 atom stereocenters. The van der Waals surface area contributed by atoms with Crippen LogP contribution in [0.15, 0.2) is 18.2 Å². The second-order valence-electron chi connectivity index (χ2n) is 5.61. The molecule has 3 nitrogen and oxygen atoms in total. The Morgan fingerprint density at radius 2 is 1.90 bits per heavy atom. The molecule has 1 aromatic rings. The Morgan fingerprint density at radius 1 is 1.24 bits per heavy atom. The fourth-order valence-corrected chi connectivity index (χ4v) is 2.88. The van der Waals surface area contributed by atoms with Crippen molar-refractivity contribution in [3.05, 3.63) is 29.8 Å². The van der Waals surface area contributed by atoms with Gasteiger partial charge in [-0.05, 0) is 36.9 Å². The summed E-state index contributed by atoms with van der Waals surface area (Å²) in [5, 5.41) is 2.51. The molecule has 2 rings (SSSR count). The number of amides is 1. The minimum atomic E-state index is -0.760. The van der Waals surface area contributed by atoms with Crippen molar-refractivity contribution in [3.63, 3.8) is 0 Å². The number of hydrogen-bond donors (Lipinski definition) is 2. The zero-order chi connectivity index (χ0) is 14.6. The molecule has 0 spiro atoms. The molecule has 0 bridgehead atoms. The lowest BCUT2D eigenvalue weighted by Gasteiger charge is -2.35. The molecule has 1 amide bonds. The summed E-state index contributed by atoms with van der Waals surface area (Å²) in [4.78, 5) is 12.1. The minimum Gasteiger partial charge on any atom is -0.330 e. The van der Waals surface area contributed by atoms with E-state index in [1.165, 1.54) is 12.5 Å². The average molecular weight is 319 g/mol. The van der Waals surface area contributed by atoms with E-state index in [9.17, 15) is 13.6 Å². The van der Waals surface area contributed by atoms with Crippen molar-refractivity contribution in [2.24, 2.45) is 11.1 Å². The van der Waals surface area contributed by atoms with Crippen LogP contribution in [0.4, 0.5) is 14.5 Å². The maximum Gasteiger partial charge on any atom is 0.225 e. The molecule has 0 radical (unpaired) electrons. The van der Waals surface area contributed by atoms with Gasteiger partial charge in [0.1, 0.15) is 11.6 Å². The van der Waals surface area contributed by atoms with Crippen LogP contribution in [0, 0.1) is 17.0 Å². The van der Waals surface area contributed by atoms with Crippen molar-refractivity contribution >= 4 is 24.0 Å². The van der Waals surface area contributed by atoms with E-state index in [2.05, 4.69) is 5.32 Å². The second kappa shape index (κ2) is 7.71. The normalized spacial score (nSPS) is 16.9. The van der Waals surface area contributed by atoms with Gasteiger partial charge >= 0.3 is 0 Å². The summed E-state index contributed by atoms with van der Waals surface area (Å²) in [6, 6.07) is 3.12. The van der Waals surface area contributed by atoms with Crippen molar-refractivity contribution in [2.75, 3.05) is 11.9 Å². The third-order valence-electron chi connectivity index (χ3n) is 4.09. The Balaban J connectivity index is 0.00000220. The standard InChI is InChI=1S/C15H20F2N2O.ClH/c16-11-4-5-13(12(17)8-11)19-14(20)9-15(10-18)6-2-1-3-7-15;/h4-5,8H,1-3,6-7,9-10,18H2,(H,19,20);1H. The van der Waals surface area contributed by atoms with Crippen LogP contribution in [0.1, 0.15) is 38.5 Å². The highest BCUT2D eigenvalue weighted by Crippen LogP contribution is 2.38. The highest BCUT2D eigenvalue weighted by molar-refractivity contribution is 5.91. The van der Waals surface area contributed by atoms with E-state index < -0.39 is 11.6 Å². The largest absolute Gasteiger partial charge is 0.330 e. The molecule has 0 aliphatic heterocycles. The summed E-state index contributed by atoms with van der Waals surface area (Å²) in [5.74, 6) is -1.68. The Bertz CT molecular complexity index is 491. The van der Waals surface area contributed by atoms with Crippen molar-refractivity contribution in [2.45, 2.75) is 38.5 Å². The van der Waals surface area contributed by atoms with Crippen molar-refractivity contribution < 1.29 is 13.6 Å². The molecule has 6 heteroatoms. The second-order valence-corrected chi connectivity index (χ2v) is 5.61. The zero-order valence-corrected chi connectivity index (χ0v) is 12.6. The van der Waals surface area contributed by atoms with Crippen LogP contribution in [-0.4, -0.2) is 12.5 Å². The zero-order valence-electron chi connectivity index (χ0n) is 11.8. The molecular weight excluding hydrogens is 298 g/mol. The maximum absolute atomic E-state index is 13.5. The monoisotopic (exact) mass is 318 g/mol. The number of benzene rings is 1. The van der Waals surface area contributed by atoms with Gasteiger partial charge in [-0.25, -0.2) is 8.78 Å². The number of anilines is 1. The number of halogens is 3. The van der Waals surface area contributed by atoms with E-state index in [0.717, 1.165) is 37.8 Å². The first kappa shape index (κ1) is 17.9. The summed E-state index contributed by atoms with van der Waals surface area (Å²) in [5.41, 5.74) is 5.67. The molecule has 118 valence electrons. The molecule has 3 N–H and O–H groups in total. The topological polar surface area (TPSA) is 55.1 Å². The van der Waals surface area contributed by atoms with Gasteiger partial charge in [-0.3, -0.25) is 4.79 Å². The third kappa shape index (κ3) is 4.64. The molecular formula is C15H21ClF2N2O. The van der Waals surface area contributed by atoms with Gasteiger partial charge in [0.05, 0.1) is 5.69 Å². The van der Waals surface area contributed by atoms with Crippen molar-refractivity contribution in [3.8, 4) is 0 Å². The molecule has 0 aromatic heterocycles. The molecule has 1 aliphatic rings.